The zero-order valence-corrected chi connectivity index (χ0v) is 17.5. The zero-order chi connectivity index (χ0) is 20.6. The predicted octanol–water partition coefficient (Wildman–Crippen LogP) is 6.36. The van der Waals surface area contributed by atoms with Crippen LogP contribution in [0.5, 0.6) is 0 Å². The molecule has 0 radical (unpaired) electrons. The lowest BCUT2D eigenvalue weighted by Crippen LogP contribution is -2.21. The van der Waals surface area contributed by atoms with Crippen LogP contribution in [0.2, 0.25) is 0 Å². The maximum atomic E-state index is 15.3. The SMILES string of the molecule is O=P1(c2ccccc2)c2c(ccc3ccccc23)-c2ccc3c(oc4ccccc43)c21. The Morgan fingerprint density at radius 2 is 1.23 bits per heavy atom. The van der Waals surface area contributed by atoms with Gasteiger partial charge in [0, 0.05) is 21.4 Å². The highest BCUT2D eigenvalue weighted by Crippen LogP contribution is 2.56. The molecule has 146 valence electrons. The molecule has 1 unspecified atom stereocenters. The van der Waals surface area contributed by atoms with Crippen molar-refractivity contribution in [3.8, 4) is 11.1 Å². The van der Waals surface area contributed by atoms with Crippen molar-refractivity contribution in [1.29, 1.82) is 0 Å². The van der Waals surface area contributed by atoms with Crippen molar-refractivity contribution in [2.75, 3.05) is 0 Å². The van der Waals surface area contributed by atoms with Gasteiger partial charge in [0.25, 0.3) is 0 Å². The highest BCUT2D eigenvalue weighted by molar-refractivity contribution is 7.87. The Hall–Kier alpha value is -3.61. The maximum Gasteiger partial charge on any atom is 0.176 e. The second kappa shape index (κ2) is 5.97. The average Bonchev–Trinajstić information content (AvgIpc) is 3.34. The topological polar surface area (TPSA) is 30.2 Å². The Labute approximate surface area is 179 Å². The van der Waals surface area contributed by atoms with Crippen LogP contribution in [0, 0.1) is 0 Å². The molecular formula is C28H17O2P. The fourth-order valence-corrected chi connectivity index (χ4v) is 8.52. The second-order valence-corrected chi connectivity index (χ2v) is 10.7. The van der Waals surface area contributed by atoms with E-state index < -0.39 is 7.14 Å². The lowest BCUT2D eigenvalue weighted by atomic mass is 10.0. The highest BCUT2D eigenvalue weighted by atomic mass is 31.2. The summed E-state index contributed by atoms with van der Waals surface area (Å²) in [5, 5.41) is 6.83. The zero-order valence-electron chi connectivity index (χ0n) is 16.6. The largest absolute Gasteiger partial charge is 0.455 e. The Morgan fingerprint density at radius 3 is 2.10 bits per heavy atom. The van der Waals surface area contributed by atoms with Gasteiger partial charge >= 0.3 is 0 Å². The second-order valence-electron chi connectivity index (χ2n) is 8.06. The molecule has 0 fully saturated rings. The van der Waals surface area contributed by atoms with E-state index in [0.717, 1.165) is 59.8 Å². The first kappa shape index (κ1) is 17.1. The molecule has 0 bridgehead atoms. The van der Waals surface area contributed by atoms with Gasteiger partial charge in [-0.25, -0.2) is 0 Å². The molecule has 6 aromatic rings. The summed E-state index contributed by atoms with van der Waals surface area (Å²) >= 11 is 0. The van der Waals surface area contributed by atoms with Gasteiger partial charge in [-0.3, -0.25) is 0 Å². The van der Waals surface area contributed by atoms with Crippen LogP contribution in [-0.2, 0) is 4.57 Å². The number of hydrogen-bond donors (Lipinski definition) is 0. The first-order valence-electron chi connectivity index (χ1n) is 10.4. The van der Waals surface area contributed by atoms with Gasteiger partial charge in [-0.05, 0) is 34.0 Å². The van der Waals surface area contributed by atoms with Gasteiger partial charge in [-0.15, -0.1) is 0 Å². The van der Waals surface area contributed by atoms with Crippen LogP contribution in [0.3, 0.4) is 0 Å². The normalized spacial score (nSPS) is 17.3. The Balaban J connectivity index is 1.73. The first-order valence-corrected chi connectivity index (χ1v) is 12.1. The predicted molar refractivity (Wildman–Crippen MR) is 130 cm³/mol. The van der Waals surface area contributed by atoms with Gasteiger partial charge in [-0.2, -0.15) is 0 Å². The van der Waals surface area contributed by atoms with Crippen LogP contribution in [0.15, 0.2) is 108 Å². The lowest BCUT2D eigenvalue weighted by molar-refractivity contribution is 0.592. The Kier molecular flexibility index (Phi) is 3.29. The number of benzene rings is 5. The van der Waals surface area contributed by atoms with Crippen LogP contribution < -0.4 is 15.9 Å². The summed E-state index contributed by atoms with van der Waals surface area (Å²) in [4.78, 5) is 0. The molecule has 5 aromatic carbocycles. The molecule has 2 nitrogen and oxygen atoms in total. The molecule has 0 saturated carbocycles. The van der Waals surface area contributed by atoms with E-state index in [0.29, 0.717) is 0 Å². The molecule has 2 heterocycles. The smallest absolute Gasteiger partial charge is 0.176 e. The van der Waals surface area contributed by atoms with Gasteiger partial charge < -0.3 is 8.98 Å². The van der Waals surface area contributed by atoms with E-state index in [4.69, 9.17) is 4.42 Å². The fraction of sp³-hybridized carbons (Fsp3) is 0. The van der Waals surface area contributed by atoms with Gasteiger partial charge in [0.1, 0.15) is 11.2 Å². The maximum absolute atomic E-state index is 15.3. The van der Waals surface area contributed by atoms with Gasteiger partial charge in [0.05, 0.1) is 5.30 Å². The lowest BCUT2D eigenvalue weighted by Gasteiger charge is -2.17. The van der Waals surface area contributed by atoms with Crippen molar-refractivity contribution in [1.82, 2.24) is 0 Å². The minimum Gasteiger partial charge on any atom is -0.455 e. The van der Waals surface area contributed by atoms with E-state index in [-0.39, 0.29) is 0 Å². The number of furan rings is 1. The molecule has 1 atom stereocenters. The molecule has 1 aliphatic heterocycles. The molecule has 0 spiro atoms. The molecule has 3 heteroatoms. The number of rotatable bonds is 1. The molecule has 31 heavy (non-hydrogen) atoms. The molecule has 0 amide bonds. The Bertz CT molecular complexity index is 1710. The van der Waals surface area contributed by atoms with E-state index >= 15 is 4.57 Å². The third-order valence-electron chi connectivity index (χ3n) is 6.46. The molecule has 0 N–H and O–H groups in total. The molecule has 0 saturated heterocycles. The molecule has 1 aromatic heterocycles. The summed E-state index contributed by atoms with van der Waals surface area (Å²) in [5.74, 6) is 0. The summed E-state index contributed by atoms with van der Waals surface area (Å²) in [6, 6.07) is 34.6. The summed E-state index contributed by atoms with van der Waals surface area (Å²) in [6.07, 6.45) is 0. The van der Waals surface area contributed by atoms with Crippen molar-refractivity contribution in [2.24, 2.45) is 0 Å². The van der Waals surface area contributed by atoms with Crippen LogP contribution in [0.25, 0.3) is 43.8 Å². The average molecular weight is 416 g/mol. The van der Waals surface area contributed by atoms with E-state index in [9.17, 15) is 0 Å². The fourth-order valence-electron chi connectivity index (χ4n) is 5.12. The first-order chi connectivity index (χ1) is 15.3. The minimum atomic E-state index is -3.14. The number of fused-ring (bicyclic) bond motifs is 9. The minimum absolute atomic E-state index is 0.742. The van der Waals surface area contributed by atoms with Crippen molar-refractivity contribution < 1.29 is 8.98 Å². The van der Waals surface area contributed by atoms with Crippen molar-refractivity contribution in [3.05, 3.63) is 103 Å². The van der Waals surface area contributed by atoms with Crippen molar-refractivity contribution in [3.63, 3.8) is 0 Å². The van der Waals surface area contributed by atoms with Gasteiger partial charge in [0.2, 0.25) is 0 Å². The molecule has 1 aliphatic rings. The van der Waals surface area contributed by atoms with E-state index in [2.05, 4.69) is 42.5 Å². The molecule has 7 rings (SSSR count). The number of hydrogen-bond acceptors (Lipinski definition) is 2. The standard InChI is InChI=1S/C28H17O2P/c29-31(19-9-2-1-3-10-19)27-20-11-5-4-8-18(20)14-15-23(27)24-17-16-22-21-12-6-7-13-25(21)30-26(22)28(24)31/h1-17H. The van der Waals surface area contributed by atoms with Crippen LogP contribution >= 0.6 is 7.14 Å². The highest BCUT2D eigenvalue weighted by Gasteiger charge is 2.44. The van der Waals surface area contributed by atoms with Crippen molar-refractivity contribution >= 4 is 55.8 Å². The van der Waals surface area contributed by atoms with Crippen molar-refractivity contribution in [2.45, 2.75) is 0 Å². The monoisotopic (exact) mass is 416 g/mol. The van der Waals surface area contributed by atoms with E-state index in [1.807, 2.05) is 60.7 Å². The molecule has 0 aliphatic carbocycles. The summed E-state index contributed by atoms with van der Waals surface area (Å²) in [7, 11) is -3.14. The quantitative estimate of drug-likeness (QED) is 0.292. The van der Waals surface area contributed by atoms with E-state index in [1.165, 1.54) is 0 Å². The van der Waals surface area contributed by atoms with Crippen LogP contribution in [0.4, 0.5) is 0 Å². The molecular weight excluding hydrogens is 399 g/mol. The summed E-state index contributed by atoms with van der Waals surface area (Å²) in [5.41, 5.74) is 3.63. The third kappa shape index (κ3) is 2.10. The third-order valence-corrected chi connectivity index (χ3v) is 9.67. The Morgan fingerprint density at radius 1 is 0.548 bits per heavy atom. The van der Waals surface area contributed by atoms with Gasteiger partial charge in [-0.1, -0.05) is 91.0 Å². The van der Waals surface area contributed by atoms with Crippen LogP contribution in [0.1, 0.15) is 0 Å². The van der Waals surface area contributed by atoms with Crippen LogP contribution in [-0.4, -0.2) is 0 Å². The summed E-state index contributed by atoms with van der Waals surface area (Å²) < 4.78 is 21.7. The summed E-state index contributed by atoms with van der Waals surface area (Å²) in [6.45, 7) is 0. The van der Waals surface area contributed by atoms with Gasteiger partial charge in [0.15, 0.2) is 7.14 Å². The van der Waals surface area contributed by atoms with E-state index in [1.54, 1.807) is 0 Å². The number of para-hydroxylation sites is 1.